The van der Waals surface area contributed by atoms with Gasteiger partial charge in [0.2, 0.25) is 0 Å². The molecule has 1 aliphatic carbocycles. The Morgan fingerprint density at radius 2 is 1.84 bits per heavy atom. The van der Waals surface area contributed by atoms with Crippen LogP contribution in [0.25, 0.3) is 0 Å². The molecule has 0 saturated heterocycles. The Bertz CT molecular complexity index is 731. The number of hydrogen-bond acceptors (Lipinski definition) is 3. The number of nitrogens with two attached hydrogens (primary N) is 1. The van der Waals surface area contributed by atoms with Crippen molar-refractivity contribution in [1.82, 2.24) is 0 Å². The zero-order valence-corrected chi connectivity index (χ0v) is 15.0. The minimum atomic E-state index is -0.345. The van der Waals surface area contributed by atoms with E-state index in [0.29, 0.717) is 17.0 Å². The first-order valence-corrected chi connectivity index (χ1v) is 9.28. The van der Waals surface area contributed by atoms with Crippen LogP contribution in [-0.4, -0.2) is 12.6 Å². The van der Waals surface area contributed by atoms with E-state index in [0.717, 1.165) is 36.2 Å². The molecule has 3 rings (SSSR count). The van der Waals surface area contributed by atoms with Gasteiger partial charge < -0.3 is 11.1 Å². The summed E-state index contributed by atoms with van der Waals surface area (Å²) in [4.78, 5) is 0. The normalized spacial score (nSPS) is 21.3. The van der Waals surface area contributed by atoms with E-state index in [1.165, 1.54) is 12.8 Å². The van der Waals surface area contributed by atoms with Crippen LogP contribution in [0.1, 0.15) is 42.7 Å². The van der Waals surface area contributed by atoms with Gasteiger partial charge in [0.25, 0.3) is 0 Å². The van der Waals surface area contributed by atoms with Crippen molar-refractivity contribution in [2.45, 2.75) is 37.6 Å². The van der Waals surface area contributed by atoms with Crippen molar-refractivity contribution in [2.24, 2.45) is 11.7 Å². The highest BCUT2D eigenvalue weighted by molar-refractivity contribution is 6.31. The Morgan fingerprint density at radius 3 is 2.48 bits per heavy atom. The van der Waals surface area contributed by atoms with Gasteiger partial charge in [0.05, 0.1) is 12.0 Å². The van der Waals surface area contributed by atoms with Crippen molar-refractivity contribution < 1.29 is 0 Å². The molecule has 1 aliphatic rings. The molecule has 130 valence electrons. The molecule has 1 fully saturated rings. The van der Waals surface area contributed by atoms with Crippen molar-refractivity contribution in [3.63, 3.8) is 0 Å². The van der Waals surface area contributed by atoms with Crippen molar-refractivity contribution in [3.05, 3.63) is 64.7 Å². The molecular weight excluding hydrogens is 330 g/mol. The molecule has 0 spiro atoms. The summed E-state index contributed by atoms with van der Waals surface area (Å²) < 4.78 is 0. The molecule has 0 heterocycles. The minimum absolute atomic E-state index is 0.345. The second-order valence-corrected chi connectivity index (χ2v) is 7.28. The molecule has 0 bridgehead atoms. The van der Waals surface area contributed by atoms with Crippen molar-refractivity contribution >= 4 is 17.3 Å². The summed E-state index contributed by atoms with van der Waals surface area (Å²) in [6.45, 7) is 0.947. The van der Waals surface area contributed by atoms with E-state index >= 15 is 0 Å². The summed E-state index contributed by atoms with van der Waals surface area (Å²) in [6.07, 6.45) is 4.61. The smallest absolute Gasteiger partial charge is 0.0977 e. The van der Waals surface area contributed by atoms with E-state index < -0.39 is 0 Å². The fraction of sp³-hybridized carbons (Fsp3) is 0.381. The van der Waals surface area contributed by atoms with E-state index in [9.17, 15) is 5.26 Å². The average Bonchev–Trinajstić information content (AvgIpc) is 2.64. The van der Waals surface area contributed by atoms with Crippen LogP contribution in [0.15, 0.2) is 48.5 Å². The van der Waals surface area contributed by atoms with Crippen LogP contribution < -0.4 is 11.1 Å². The number of halogens is 1. The fourth-order valence-corrected chi connectivity index (χ4v) is 3.78. The number of anilines is 1. The monoisotopic (exact) mass is 353 g/mol. The number of nitriles is 1. The predicted octanol–water partition coefficient (Wildman–Crippen LogP) is 4.92. The third kappa shape index (κ3) is 4.54. The molecule has 3 N–H and O–H groups in total. The lowest BCUT2D eigenvalue weighted by atomic mass is 9.86. The zero-order valence-electron chi connectivity index (χ0n) is 14.3. The lowest BCUT2D eigenvalue weighted by Crippen LogP contribution is -2.29. The molecule has 1 saturated carbocycles. The van der Waals surface area contributed by atoms with Gasteiger partial charge in [0.15, 0.2) is 0 Å². The van der Waals surface area contributed by atoms with Crippen LogP contribution in [0.3, 0.4) is 0 Å². The van der Waals surface area contributed by atoms with Crippen LogP contribution in [0.2, 0.25) is 5.02 Å². The second-order valence-electron chi connectivity index (χ2n) is 6.87. The van der Waals surface area contributed by atoms with Gasteiger partial charge in [-0.3, -0.25) is 0 Å². The molecule has 2 aromatic carbocycles. The standard InChI is InChI=1S/C21H24ClN3/c22-21-12-18(25-14-15-6-8-17(24)9-7-15)10-11-19(21)20(13-23)16-4-2-1-3-5-16/h1-5,10-12,15,17,20,25H,6-9,14,24H2/t15-,17-,20?. The fourth-order valence-electron chi connectivity index (χ4n) is 3.49. The Morgan fingerprint density at radius 1 is 1.12 bits per heavy atom. The maximum Gasteiger partial charge on any atom is 0.0977 e. The van der Waals surface area contributed by atoms with Crippen molar-refractivity contribution in [1.29, 1.82) is 5.26 Å². The predicted molar refractivity (Wildman–Crippen MR) is 104 cm³/mol. The molecule has 2 aromatic rings. The van der Waals surface area contributed by atoms with Gasteiger partial charge in [0.1, 0.15) is 0 Å². The molecule has 0 radical (unpaired) electrons. The lowest BCUT2D eigenvalue weighted by Gasteiger charge is -2.26. The highest BCUT2D eigenvalue weighted by Gasteiger charge is 2.19. The Labute approximate surface area is 154 Å². The third-order valence-corrected chi connectivity index (χ3v) is 5.39. The molecule has 0 aromatic heterocycles. The van der Waals surface area contributed by atoms with Gasteiger partial charge in [-0.25, -0.2) is 0 Å². The van der Waals surface area contributed by atoms with Gasteiger partial charge in [-0.15, -0.1) is 0 Å². The Balaban J connectivity index is 1.67. The molecule has 1 atom stereocenters. The summed E-state index contributed by atoms with van der Waals surface area (Å²) in [6, 6.07) is 18.4. The molecular formula is C21H24ClN3. The summed E-state index contributed by atoms with van der Waals surface area (Å²) in [5, 5.41) is 13.7. The number of nitrogens with one attached hydrogen (secondary N) is 1. The number of nitrogens with zero attached hydrogens (tertiary/aromatic N) is 1. The summed E-state index contributed by atoms with van der Waals surface area (Å²) in [5.41, 5.74) is 8.79. The minimum Gasteiger partial charge on any atom is -0.385 e. The highest BCUT2D eigenvalue weighted by Crippen LogP contribution is 2.32. The van der Waals surface area contributed by atoms with Crippen LogP contribution in [0, 0.1) is 17.2 Å². The van der Waals surface area contributed by atoms with Gasteiger partial charge in [-0.2, -0.15) is 5.26 Å². The van der Waals surface area contributed by atoms with Crippen LogP contribution in [0.5, 0.6) is 0 Å². The topological polar surface area (TPSA) is 61.8 Å². The Hall–Kier alpha value is -2.02. The van der Waals surface area contributed by atoms with Gasteiger partial charge in [-0.05, 0) is 54.9 Å². The van der Waals surface area contributed by atoms with Crippen LogP contribution in [0.4, 0.5) is 5.69 Å². The average molecular weight is 354 g/mol. The van der Waals surface area contributed by atoms with E-state index in [1.807, 2.05) is 48.5 Å². The first-order chi connectivity index (χ1) is 12.2. The van der Waals surface area contributed by atoms with Crippen LogP contribution in [-0.2, 0) is 0 Å². The van der Waals surface area contributed by atoms with Gasteiger partial charge in [0, 0.05) is 23.3 Å². The summed E-state index contributed by atoms with van der Waals surface area (Å²) in [5.74, 6) is 0.331. The molecule has 0 amide bonds. The molecule has 1 unspecified atom stereocenters. The third-order valence-electron chi connectivity index (χ3n) is 5.06. The van der Waals surface area contributed by atoms with Crippen molar-refractivity contribution in [2.75, 3.05) is 11.9 Å². The maximum absolute atomic E-state index is 9.59. The first kappa shape index (κ1) is 17.8. The Kier molecular flexibility index (Phi) is 5.96. The molecule has 3 nitrogen and oxygen atoms in total. The zero-order chi connectivity index (χ0) is 17.6. The quantitative estimate of drug-likeness (QED) is 0.801. The summed E-state index contributed by atoms with van der Waals surface area (Å²) in [7, 11) is 0. The van der Waals surface area contributed by atoms with E-state index in [2.05, 4.69) is 11.4 Å². The van der Waals surface area contributed by atoms with E-state index in [-0.39, 0.29) is 5.92 Å². The number of benzene rings is 2. The lowest BCUT2D eigenvalue weighted by molar-refractivity contribution is 0.339. The van der Waals surface area contributed by atoms with E-state index in [1.54, 1.807) is 0 Å². The SMILES string of the molecule is N#CC(c1ccccc1)c1ccc(NC[C@H]2CC[C@H](N)CC2)cc1Cl. The number of hydrogen-bond donors (Lipinski definition) is 2. The van der Waals surface area contributed by atoms with Gasteiger partial charge in [-0.1, -0.05) is 48.0 Å². The maximum atomic E-state index is 9.59. The molecule has 4 heteroatoms. The molecule has 0 aliphatic heterocycles. The number of rotatable bonds is 5. The summed E-state index contributed by atoms with van der Waals surface area (Å²) >= 11 is 6.49. The van der Waals surface area contributed by atoms with Gasteiger partial charge >= 0.3 is 0 Å². The molecule has 25 heavy (non-hydrogen) atoms. The first-order valence-electron chi connectivity index (χ1n) is 8.91. The highest BCUT2D eigenvalue weighted by atomic mass is 35.5. The van der Waals surface area contributed by atoms with E-state index in [4.69, 9.17) is 17.3 Å². The van der Waals surface area contributed by atoms with Crippen molar-refractivity contribution in [3.8, 4) is 6.07 Å². The van der Waals surface area contributed by atoms with Crippen LogP contribution >= 0.6 is 11.6 Å². The second kappa shape index (κ2) is 8.38. The largest absolute Gasteiger partial charge is 0.385 e.